The normalized spacial score (nSPS) is 19.9. The highest BCUT2D eigenvalue weighted by atomic mass is 32.1. The number of hydrogen-bond donors (Lipinski definition) is 0. The van der Waals surface area contributed by atoms with Crippen molar-refractivity contribution in [1.29, 1.82) is 0 Å². The zero-order valence-electron chi connectivity index (χ0n) is 29.0. The van der Waals surface area contributed by atoms with Gasteiger partial charge in [0.15, 0.2) is 5.01 Å². The van der Waals surface area contributed by atoms with Crippen molar-refractivity contribution in [3.8, 4) is 5.69 Å². The quantitative estimate of drug-likeness (QED) is 0.151. The van der Waals surface area contributed by atoms with Crippen molar-refractivity contribution in [2.24, 2.45) is 0 Å². The highest BCUT2D eigenvalue weighted by Gasteiger charge is 2.46. The minimum atomic E-state index is -1.01. The van der Waals surface area contributed by atoms with E-state index in [9.17, 15) is 4.79 Å². The van der Waals surface area contributed by atoms with Crippen molar-refractivity contribution in [3.63, 3.8) is 0 Å². The smallest absolute Gasteiger partial charge is 0.350 e. The molecule has 6 aromatic rings. The first kappa shape index (κ1) is 33.1. The predicted molar refractivity (Wildman–Crippen MR) is 202 cm³/mol. The summed E-state index contributed by atoms with van der Waals surface area (Å²) in [7, 11) is 0. The summed E-state index contributed by atoms with van der Waals surface area (Å²) in [6.45, 7) is 13.0. The lowest BCUT2D eigenvalue weighted by Crippen LogP contribution is -2.46. The van der Waals surface area contributed by atoms with Gasteiger partial charge >= 0.3 is 5.69 Å². The number of ether oxygens (including phenoxy) is 2. The van der Waals surface area contributed by atoms with Crippen LogP contribution in [0.25, 0.3) is 21.5 Å². The number of aromatic nitrogens is 6. The van der Waals surface area contributed by atoms with Gasteiger partial charge in [0.2, 0.25) is 5.79 Å². The minimum Gasteiger partial charge on any atom is -0.368 e. The second kappa shape index (κ2) is 13.9. The van der Waals surface area contributed by atoms with Crippen molar-refractivity contribution in [2.75, 3.05) is 42.6 Å². The Bertz CT molecular complexity index is 2130. The molecule has 2 aliphatic rings. The van der Waals surface area contributed by atoms with Gasteiger partial charge in [-0.3, -0.25) is 4.68 Å². The molecule has 262 valence electrons. The highest BCUT2D eigenvalue weighted by molar-refractivity contribution is 7.18. The summed E-state index contributed by atoms with van der Waals surface area (Å²) in [5.41, 5.74) is 6.12. The van der Waals surface area contributed by atoms with E-state index in [0.29, 0.717) is 19.6 Å². The van der Waals surface area contributed by atoms with Gasteiger partial charge in [-0.05, 0) is 79.1 Å². The molecule has 0 bridgehead atoms. The predicted octanol–water partition coefficient (Wildman–Crippen LogP) is 6.51. The lowest BCUT2D eigenvalue weighted by atomic mass is 10.0. The Morgan fingerprint density at radius 2 is 1.63 bits per heavy atom. The van der Waals surface area contributed by atoms with Crippen molar-refractivity contribution in [2.45, 2.75) is 51.2 Å². The third kappa shape index (κ3) is 6.62. The van der Waals surface area contributed by atoms with Crippen molar-refractivity contribution < 1.29 is 9.47 Å². The van der Waals surface area contributed by atoms with E-state index in [2.05, 4.69) is 76.0 Å². The third-order valence-electron chi connectivity index (χ3n) is 10.00. The molecule has 0 saturated carbocycles. The van der Waals surface area contributed by atoms with Crippen LogP contribution >= 0.6 is 11.3 Å². The van der Waals surface area contributed by atoms with Crippen LogP contribution in [0.2, 0.25) is 0 Å². The molecule has 8 rings (SSSR count). The second-order valence-corrected chi connectivity index (χ2v) is 14.4. The summed E-state index contributed by atoms with van der Waals surface area (Å²) < 4.78 is 19.3. The molecule has 0 radical (unpaired) electrons. The van der Waals surface area contributed by atoms with Crippen LogP contribution in [-0.2, 0) is 21.8 Å². The summed E-state index contributed by atoms with van der Waals surface area (Å²) in [6, 6.07) is 27.0. The molecule has 0 aliphatic carbocycles. The van der Waals surface area contributed by atoms with Gasteiger partial charge in [-0.2, -0.15) is 10.2 Å². The fourth-order valence-corrected chi connectivity index (χ4v) is 7.93. The Hall–Kier alpha value is -5.04. The van der Waals surface area contributed by atoms with Crippen LogP contribution in [0.5, 0.6) is 0 Å². The maximum Gasteiger partial charge on any atom is 0.350 e. The first-order valence-electron chi connectivity index (χ1n) is 17.6. The number of para-hydroxylation sites is 1. The molecule has 3 atom stereocenters. The Balaban J connectivity index is 0.876. The average molecular weight is 703 g/mol. The molecule has 3 aromatic heterocycles. The number of rotatable bonds is 11. The first-order valence-corrected chi connectivity index (χ1v) is 18.4. The molecule has 12 heteroatoms. The number of benzene rings is 3. The highest BCUT2D eigenvalue weighted by Crippen LogP contribution is 2.41. The van der Waals surface area contributed by atoms with Gasteiger partial charge in [0, 0.05) is 56.4 Å². The monoisotopic (exact) mass is 702 g/mol. The molecule has 0 N–H and O–H groups in total. The van der Waals surface area contributed by atoms with Crippen molar-refractivity contribution in [3.05, 3.63) is 125 Å². The number of anilines is 2. The van der Waals surface area contributed by atoms with Gasteiger partial charge in [-0.1, -0.05) is 37.8 Å². The van der Waals surface area contributed by atoms with Crippen LogP contribution in [0.15, 0.2) is 109 Å². The van der Waals surface area contributed by atoms with E-state index in [4.69, 9.17) is 14.5 Å². The molecule has 51 heavy (non-hydrogen) atoms. The largest absolute Gasteiger partial charge is 0.368 e. The Kier molecular flexibility index (Phi) is 9.05. The fourth-order valence-electron chi connectivity index (χ4n) is 6.89. The topological polar surface area (TPSA) is 95.5 Å². The standard InChI is InChI=1S/C39H42N8O3S/c1-4-29(3)47-38(48)46(27-41-47)33-16-14-32(15-17-33)44-22-20-43(21-23-44)31-12-10-30(11-13-31)28(2)24-34-25-49-39(50-34,26-45-19-7-18-40-45)37-42-35-8-5-6-9-36(35)51-37/h5-19,27,29,34H,2,4,20-26H2,1,3H3/t29?,34?,39-/m0/s1. The number of thiazole rings is 1. The summed E-state index contributed by atoms with van der Waals surface area (Å²) >= 11 is 1.60. The molecule has 2 aliphatic heterocycles. The zero-order valence-corrected chi connectivity index (χ0v) is 29.8. The van der Waals surface area contributed by atoms with E-state index < -0.39 is 5.79 Å². The molecule has 0 amide bonds. The number of nitrogens with zero attached hydrogens (tertiary/aromatic N) is 8. The van der Waals surface area contributed by atoms with Crippen LogP contribution in [0.1, 0.15) is 43.3 Å². The molecule has 5 heterocycles. The van der Waals surface area contributed by atoms with Gasteiger partial charge in [-0.15, -0.1) is 11.3 Å². The third-order valence-corrected chi connectivity index (χ3v) is 11.2. The van der Waals surface area contributed by atoms with Gasteiger partial charge in [0.25, 0.3) is 0 Å². The molecule has 0 spiro atoms. The van der Waals surface area contributed by atoms with E-state index in [1.165, 1.54) is 5.69 Å². The maximum atomic E-state index is 12.8. The Morgan fingerprint density at radius 3 is 2.29 bits per heavy atom. The molecule has 11 nitrogen and oxygen atoms in total. The van der Waals surface area contributed by atoms with E-state index in [1.54, 1.807) is 33.1 Å². The van der Waals surface area contributed by atoms with E-state index in [1.807, 2.05) is 54.2 Å². The number of piperazine rings is 1. The lowest BCUT2D eigenvalue weighted by Gasteiger charge is -2.37. The number of fused-ring (bicyclic) bond motifs is 1. The average Bonchev–Trinajstić information content (AvgIpc) is 3.99. The van der Waals surface area contributed by atoms with Gasteiger partial charge in [0.1, 0.15) is 12.9 Å². The Labute approximate surface area is 301 Å². The second-order valence-electron chi connectivity index (χ2n) is 13.3. The first-order chi connectivity index (χ1) is 24.9. The Morgan fingerprint density at radius 1 is 0.941 bits per heavy atom. The lowest BCUT2D eigenvalue weighted by molar-refractivity contribution is -0.187. The molecule has 3 aromatic carbocycles. The van der Waals surface area contributed by atoms with Crippen LogP contribution in [0.4, 0.5) is 11.4 Å². The SMILES string of the molecule is C=C(CC1CO[C@](Cn2cccn2)(c2nc3ccccc3s2)O1)c1ccc(N2CCN(c3ccc(-n4cnn(C(C)CC)c4=O)cc3)CC2)cc1. The zero-order chi connectivity index (χ0) is 35.0. The van der Waals surface area contributed by atoms with E-state index >= 15 is 0 Å². The summed E-state index contributed by atoms with van der Waals surface area (Å²) in [5.74, 6) is -1.01. The number of hydrogen-bond acceptors (Lipinski definition) is 9. The maximum absolute atomic E-state index is 12.8. The van der Waals surface area contributed by atoms with Gasteiger partial charge < -0.3 is 19.3 Å². The molecular formula is C39H42N8O3S. The molecular weight excluding hydrogens is 661 g/mol. The van der Waals surface area contributed by atoms with Crippen LogP contribution in [0.3, 0.4) is 0 Å². The molecule has 2 saturated heterocycles. The molecule has 2 fully saturated rings. The van der Waals surface area contributed by atoms with Crippen molar-refractivity contribution >= 4 is 38.5 Å². The van der Waals surface area contributed by atoms with Gasteiger partial charge in [0.05, 0.1) is 34.7 Å². The summed E-state index contributed by atoms with van der Waals surface area (Å²) in [4.78, 5) is 22.6. The van der Waals surface area contributed by atoms with Crippen LogP contribution in [0, 0.1) is 0 Å². The van der Waals surface area contributed by atoms with E-state index in [-0.39, 0.29) is 17.8 Å². The van der Waals surface area contributed by atoms with Crippen LogP contribution in [-0.4, -0.2) is 68.0 Å². The summed E-state index contributed by atoms with van der Waals surface area (Å²) in [6.07, 6.45) is 6.64. The fraction of sp³-hybridized carbons (Fsp3) is 0.333. The van der Waals surface area contributed by atoms with Gasteiger partial charge in [-0.25, -0.2) is 19.0 Å². The van der Waals surface area contributed by atoms with Crippen molar-refractivity contribution in [1.82, 2.24) is 29.1 Å². The summed E-state index contributed by atoms with van der Waals surface area (Å²) in [5, 5.41) is 9.54. The molecule has 2 unspecified atom stereocenters. The van der Waals surface area contributed by atoms with Crippen LogP contribution < -0.4 is 15.5 Å². The van der Waals surface area contributed by atoms with E-state index in [0.717, 1.165) is 70.3 Å². The minimum absolute atomic E-state index is 0.0716.